The third-order valence-electron chi connectivity index (χ3n) is 6.68. The minimum atomic E-state index is -1.83. The molecule has 0 bridgehead atoms. The van der Waals surface area contributed by atoms with Crippen LogP contribution < -0.4 is 10.2 Å². The molecule has 1 saturated heterocycles. The highest BCUT2D eigenvalue weighted by Crippen LogP contribution is 2.30. The van der Waals surface area contributed by atoms with E-state index in [2.05, 4.69) is 28.2 Å². The predicted octanol–water partition coefficient (Wildman–Crippen LogP) is 1.17. The molecule has 4 rings (SSSR count). The van der Waals surface area contributed by atoms with Crippen molar-refractivity contribution in [3.63, 3.8) is 0 Å². The lowest BCUT2D eigenvalue weighted by Crippen LogP contribution is -2.51. The average molecular weight is 484 g/mol. The minimum absolute atomic E-state index is 0.179. The Morgan fingerprint density at radius 2 is 2.06 bits per heavy atom. The van der Waals surface area contributed by atoms with Crippen molar-refractivity contribution in [2.24, 2.45) is 11.8 Å². The molecule has 2 unspecified atom stereocenters. The number of piperidine rings is 1. The van der Waals surface area contributed by atoms with Crippen molar-refractivity contribution in [3.05, 3.63) is 45.4 Å². The fraction of sp³-hybridized carbons (Fsp3) is 0.500. The van der Waals surface area contributed by atoms with Crippen LogP contribution in [0.3, 0.4) is 0 Å². The van der Waals surface area contributed by atoms with Gasteiger partial charge in [-0.3, -0.25) is 9.59 Å². The highest BCUT2D eigenvalue weighted by Gasteiger charge is 2.37. The molecule has 34 heavy (non-hydrogen) atoms. The molecule has 3 N–H and O–H groups in total. The number of hydrogen-bond donors (Lipinski definition) is 3. The molecule has 2 aromatic rings. The summed E-state index contributed by atoms with van der Waals surface area (Å²) >= 11 is 1.50. The summed E-state index contributed by atoms with van der Waals surface area (Å²) in [4.78, 5) is 34.0. The zero-order valence-electron chi connectivity index (χ0n) is 19.3. The van der Waals surface area contributed by atoms with E-state index in [4.69, 9.17) is 0 Å². The first-order valence-electron chi connectivity index (χ1n) is 11.4. The number of benzene rings is 1. The van der Waals surface area contributed by atoms with Crippen LogP contribution in [0.5, 0.6) is 0 Å². The van der Waals surface area contributed by atoms with Gasteiger partial charge in [0.05, 0.1) is 35.0 Å². The predicted molar refractivity (Wildman–Crippen MR) is 127 cm³/mol. The van der Waals surface area contributed by atoms with Gasteiger partial charge in [0.25, 0.3) is 11.8 Å². The number of nitrogens with one attached hydrogen (secondary N) is 1. The Kier molecular flexibility index (Phi) is 7.16. The van der Waals surface area contributed by atoms with E-state index in [1.807, 2.05) is 25.1 Å². The lowest BCUT2D eigenvalue weighted by atomic mass is 9.86. The number of carbonyl (C=O) groups is 2. The Hall–Kier alpha value is -3.00. The van der Waals surface area contributed by atoms with E-state index < -0.39 is 24.0 Å². The van der Waals surface area contributed by atoms with E-state index in [1.54, 1.807) is 6.07 Å². The molecule has 1 fully saturated rings. The molecule has 9 nitrogen and oxygen atoms in total. The second kappa shape index (κ2) is 10.1. The van der Waals surface area contributed by atoms with Crippen LogP contribution >= 0.6 is 11.3 Å². The second-order valence-electron chi connectivity index (χ2n) is 9.03. The lowest BCUT2D eigenvalue weighted by molar-refractivity contribution is -0.153. The van der Waals surface area contributed by atoms with E-state index in [0.717, 1.165) is 40.8 Å². The lowest BCUT2D eigenvalue weighted by Gasteiger charge is -2.38. The number of aromatic nitrogens is 1. The number of anilines is 1. The van der Waals surface area contributed by atoms with E-state index in [1.165, 1.54) is 16.2 Å². The first-order valence-corrected chi connectivity index (χ1v) is 12.2. The Bertz CT molecular complexity index is 1090. The standard InChI is InChI=1S/C24H29N5O4S/c1-14-11-28(19-6-4-3-5-16(19)9-25)8-7-17(14)10-26-23(32)21(30)22(31)24(33)29-12-18-20(13-29)34-15(2)27-18/h3-6,14,17,21-22,30-31H,7-8,10-13H2,1-2H3,(H,26,32)/t14?,17?,21-,22-/m1/s1. The first kappa shape index (κ1) is 24.1. The fourth-order valence-corrected chi connectivity index (χ4v) is 5.65. The van der Waals surface area contributed by atoms with Crippen LogP contribution in [0.4, 0.5) is 5.69 Å². The van der Waals surface area contributed by atoms with Gasteiger partial charge >= 0.3 is 0 Å². The molecule has 0 radical (unpaired) electrons. The van der Waals surface area contributed by atoms with Gasteiger partial charge in [-0.25, -0.2) is 4.98 Å². The van der Waals surface area contributed by atoms with Gasteiger partial charge in [-0.2, -0.15) is 5.26 Å². The number of nitriles is 1. The Balaban J connectivity index is 1.26. The SMILES string of the molecule is Cc1nc2c(s1)CN(C(=O)[C@H](O)[C@@H](O)C(=O)NCC1CCN(c3ccccc3C#N)CC1C)C2. The summed E-state index contributed by atoms with van der Waals surface area (Å²) in [5.41, 5.74) is 2.36. The Morgan fingerprint density at radius 3 is 2.76 bits per heavy atom. The molecule has 0 aliphatic carbocycles. The summed E-state index contributed by atoms with van der Waals surface area (Å²) in [5, 5.41) is 33.6. The number of amides is 2. The minimum Gasteiger partial charge on any atom is -0.380 e. The van der Waals surface area contributed by atoms with Crippen LogP contribution in [0.25, 0.3) is 0 Å². The monoisotopic (exact) mass is 483 g/mol. The zero-order chi connectivity index (χ0) is 24.4. The number of rotatable bonds is 6. The van der Waals surface area contributed by atoms with Crippen LogP contribution in [0.1, 0.15) is 34.5 Å². The van der Waals surface area contributed by atoms with Crippen LogP contribution in [0.15, 0.2) is 24.3 Å². The summed E-state index contributed by atoms with van der Waals surface area (Å²) in [6.07, 6.45) is -2.85. The van der Waals surface area contributed by atoms with Gasteiger partial charge in [-0.15, -0.1) is 11.3 Å². The largest absolute Gasteiger partial charge is 0.380 e. The Morgan fingerprint density at radius 1 is 1.29 bits per heavy atom. The maximum absolute atomic E-state index is 12.6. The van der Waals surface area contributed by atoms with Gasteiger partial charge < -0.3 is 25.3 Å². The fourth-order valence-electron chi connectivity index (χ4n) is 4.69. The molecular formula is C24H29N5O4S. The van der Waals surface area contributed by atoms with Crippen molar-refractivity contribution >= 4 is 28.8 Å². The third-order valence-corrected chi connectivity index (χ3v) is 7.68. The third kappa shape index (κ3) is 4.92. The highest BCUT2D eigenvalue weighted by atomic mass is 32.1. The molecule has 4 atom stereocenters. The summed E-state index contributed by atoms with van der Waals surface area (Å²) in [6, 6.07) is 9.74. The molecule has 0 spiro atoms. The number of carbonyl (C=O) groups excluding carboxylic acids is 2. The molecule has 2 aliphatic rings. The normalized spacial score (nSPS) is 21.5. The number of aryl methyl sites for hydroxylation is 1. The van der Waals surface area contributed by atoms with Gasteiger partial charge in [0.2, 0.25) is 0 Å². The van der Waals surface area contributed by atoms with Crippen molar-refractivity contribution in [1.29, 1.82) is 5.26 Å². The van der Waals surface area contributed by atoms with Crippen molar-refractivity contribution in [1.82, 2.24) is 15.2 Å². The molecule has 180 valence electrons. The van der Waals surface area contributed by atoms with Gasteiger partial charge in [0.15, 0.2) is 12.2 Å². The average Bonchev–Trinajstić information content (AvgIpc) is 3.39. The van der Waals surface area contributed by atoms with Gasteiger partial charge in [-0.05, 0) is 37.3 Å². The Labute approximate surface area is 202 Å². The molecule has 2 amide bonds. The van der Waals surface area contributed by atoms with E-state index in [9.17, 15) is 25.1 Å². The van der Waals surface area contributed by atoms with Crippen LogP contribution in [-0.4, -0.2) is 63.8 Å². The molecule has 0 saturated carbocycles. The number of thiazole rings is 1. The molecule has 2 aliphatic heterocycles. The smallest absolute Gasteiger partial charge is 0.255 e. The van der Waals surface area contributed by atoms with Gasteiger partial charge in [0, 0.05) is 24.5 Å². The molecule has 3 heterocycles. The summed E-state index contributed by atoms with van der Waals surface area (Å²) in [6.45, 7) is 6.43. The van der Waals surface area contributed by atoms with Crippen molar-refractivity contribution in [2.45, 2.75) is 45.6 Å². The maximum atomic E-state index is 12.6. The number of aliphatic hydroxyl groups excluding tert-OH is 2. The summed E-state index contributed by atoms with van der Waals surface area (Å²) in [7, 11) is 0. The zero-order valence-corrected chi connectivity index (χ0v) is 20.1. The van der Waals surface area contributed by atoms with Crippen LogP contribution in [0.2, 0.25) is 0 Å². The maximum Gasteiger partial charge on any atom is 0.255 e. The highest BCUT2D eigenvalue weighted by molar-refractivity contribution is 7.11. The molecule has 1 aromatic heterocycles. The number of hydrogen-bond acceptors (Lipinski definition) is 8. The van der Waals surface area contributed by atoms with E-state index in [0.29, 0.717) is 18.7 Å². The van der Waals surface area contributed by atoms with Crippen molar-refractivity contribution in [3.8, 4) is 6.07 Å². The number of fused-ring (bicyclic) bond motifs is 1. The van der Waals surface area contributed by atoms with Gasteiger partial charge in [0.1, 0.15) is 6.07 Å². The van der Waals surface area contributed by atoms with Crippen LogP contribution in [0, 0.1) is 30.1 Å². The van der Waals surface area contributed by atoms with Crippen LogP contribution in [-0.2, 0) is 22.7 Å². The van der Waals surface area contributed by atoms with E-state index in [-0.39, 0.29) is 18.4 Å². The molecular weight excluding hydrogens is 454 g/mol. The van der Waals surface area contributed by atoms with E-state index >= 15 is 0 Å². The summed E-state index contributed by atoms with van der Waals surface area (Å²) in [5.74, 6) is -1.01. The number of nitrogens with zero attached hydrogens (tertiary/aromatic N) is 4. The number of aliphatic hydroxyl groups is 2. The summed E-state index contributed by atoms with van der Waals surface area (Å²) < 4.78 is 0. The quantitative estimate of drug-likeness (QED) is 0.562. The number of para-hydroxylation sites is 1. The van der Waals surface area contributed by atoms with Crippen molar-refractivity contribution in [2.75, 3.05) is 24.5 Å². The van der Waals surface area contributed by atoms with Gasteiger partial charge in [-0.1, -0.05) is 19.1 Å². The first-order chi connectivity index (χ1) is 16.3. The van der Waals surface area contributed by atoms with Crippen molar-refractivity contribution < 1.29 is 19.8 Å². The topological polar surface area (TPSA) is 130 Å². The second-order valence-corrected chi connectivity index (χ2v) is 10.3. The molecule has 10 heteroatoms. The molecule has 1 aromatic carbocycles.